The second-order valence-electron chi connectivity index (χ2n) is 4.38. The van der Waals surface area contributed by atoms with Crippen LogP contribution >= 0.6 is 0 Å². The molecule has 0 bridgehead atoms. The van der Waals surface area contributed by atoms with E-state index in [4.69, 9.17) is 5.26 Å². The van der Waals surface area contributed by atoms with Gasteiger partial charge < -0.3 is 10.6 Å². The third-order valence-electron chi connectivity index (χ3n) is 2.80. The van der Waals surface area contributed by atoms with Crippen molar-refractivity contribution in [3.8, 4) is 6.07 Å². The van der Waals surface area contributed by atoms with Gasteiger partial charge in [-0.3, -0.25) is 0 Å². The Morgan fingerprint density at radius 2 is 2.17 bits per heavy atom. The standard InChI is InChI=1S/C14H19N3O/c1-4-12(7-8-15)16-14(18)17-13-6-5-10(2)9-11(13)3/h5-6,9,12H,4,7H2,1-3H3,(H2,16,17,18)/t12-/m0/s1. The van der Waals surface area contributed by atoms with E-state index in [1.165, 1.54) is 0 Å². The first-order valence-electron chi connectivity index (χ1n) is 6.08. The first-order chi connectivity index (χ1) is 8.56. The number of nitrogens with one attached hydrogen (secondary N) is 2. The third kappa shape index (κ3) is 4.10. The maximum atomic E-state index is 11.8. The van der Waals surface area contributed by atoms with Crippen molar-refractivity contribution in [1.82, 2.24) is 5.32 Å². The molecule has 1 rings (SSSR count). The van der Waals surface area contributed by atoms with Crippen molar-refractivity contribution in [1.29, 1.82) is 5.26 Å². The van der Waals surface area contributed by atoms with Crippen LogP contribution in [0.15, 0.2) is 18.2 Å². The monoisotopic (exact) mass is 245 g/mol. The number of carbonyl (C=O) groups excluding carboxylic acids is 1. The lowest BCUT2D eigenvalue weighted by atomic mass is 10.1. The molecule has 0 spiro atoms. The van der Waals surface area contributed by atoms with Gasteiger partial charge in [0.25, 0.3) is 0 Å². The molecular weight excluding hydrogens is 226 g/mol. The Hall–Kier alpha value is -2.02. The lowest BCUT2D eigenvalue weighted by Crippen LogP contribution is -2.37. The minimum Gasteiger partial charge on any atom is -0.334 e. The molecule has 1 atom stereocenters. The number of rotatable bonds is 4. The minimum absolute atomic E-state index is 0.0965. The van der Waals surface area contributed by atoms with Gasteiger partial charge in [-0.1, -0.05) is 24.6 Å². The summed E-state index contributed by atoms with van der Waals surface area (Å²) in [5.41, 5.74) is 2.98. The summed E-state index contributed by atoms with van der Waals surface area (Å²) in [7, 11) is 0. The van der Waals surface area contributed by atoms with Crippen LogP contribution in [0, 0.1) is 25.2 Å². The van der Waals surface area contributed by atoms with Crippen molar-refractivity contribution in [2.45, 2.75) is 39.7 Å². The highest BCUT2D eigenvalue weighted by molar-refractivity contribution is 5.90. The number of benzene rings is 1. The average Bonchev–Trinajstić information content (AvgIpc) is 2.32. The van der Waals surface area contributed by atoms with E-state index >= 15 is 0 Å². The lowest BCUT2D eigenvalue weighted by molar-refractivity contribution is 0.248. The topological polar surface area (TPSA) is 64.9 Å². The summed E-state index contributed by atoms with van der Waals surface area (Å²) in [5.74, 6) is 0. The first-order valence-corrected chi connectivity index (χ1v) is 6.08. The second-order valence-corrected chi connectivity index (χ2v) is 4.38. The van der Waals surface area contributed by atoms with Crippen LogP contribution in [0.3, 0.4) is 0 Å². The van der Waals surface area contributed by atoms with Gasteiger partial charge in [0.05, 0.1) is 12.5 Å². The van der Waals surface area contributed by atoms with E-state index in [9.17, 15) is 4.79 Å². The Morgan fingerprint density at radius 3 is 2.72 bits per heavy atom. The summed E-state index contributed by atoms with van der Waals surface area (Å²) >= 11 is 0. The van der Waals surface area contributed by atoms with Crippen molar-refractivity contribution in [3.05, 3.63) is 29.3 Å². The molecule has 0 unspecified atom stereocenters. The van der Waals surface area contributed by atoms with Gasteiger partial charge >= 0.3 is 6.03 Å². The van der Waals surface area contributed by atoms with Crippen molar-refractivity contribution >= 4 is 11.7 Å². The SMILES string of the molecule is CC[C@@H](CC#N)NC(=O)Nc1ccc(C)cc1C. The highest BCUT2D eigenvalue weighted by Crippen LogP contribution is 2.15. The fraction of sp³-hybridized carbons (Fsp3) is 0.429. The van der Waals surface area contributed by atoms with Crippen LogP contribution < -0.4 is 10.6 Å². The largest absolute Gasteiger partial charge is 0.334 e. The van der Waals surface area contributed by atoms with E-state index < -0.39 is 0 Å². The Kier molecular flexibility index (Phi) is 5.19. The van der Waals surface area contributed by atoms with E-state index in [1.54, 1.807) is 0 Å². The summed E-state index contributed by atoms with van der Waals surface area (Å²) < 4.78 is 0. The van der Waals surface area contributed by atoms with E-state index in [2.05, 4.69) is 16.7 Å². The van der Waals surface area contributed by atoms with Crippen molar-refractivity contribution in [3.63, 3.8) is 0 Å². The molecule has 1 aromatic carbocycles. The number of aryl methyl sites for hydroxylation is 2. The van der Waals surface area contributed by atoms with Crippen molar-refractivity contribution in [2.24, 2.45) is 0 Å². The Morgan fingerprint density at radius 1 is 1.44 bits per heavy atom. The number of hydrogen-bond acceptors (Lipinski definition) is 2. The molecule has 18 heavy (non-hydrogen) atoms. The van der Waals surface area contributed by atoms with Crippen LogP contribution in [0.1, 0.15) is 30.9 Å². The van der Waals surface area contributed by atoms with Crippen LogP contribution in [-0.4, -0.2) is 12.1 Å². The third-order valence-corrected chi connectivity index (χ3v) is 2.80. The molecule has 0 heterocycles. The van der Waals surface area contributed by atoms with Gasteiger partial charge in [0.2, 0.25) is 0 Å². The Bertz CT molecular complexity index is 463. The Labute approximate surface area is 108 Å². The Balaban J connectivity index is 2.62. The van der Waals surface area contributed by atoms with Crippen LogP contribution in [-0.2, 0) is 0 Å². The molecule has 0 aromatic heterocycles. The number of anilines is 1. The van der Waals surface area contributed by atoms with Crippen LogP contribution in [0.5, 0.6) is 0 Å². The van der Waals surface area contributed by atoms with Gasteiger partial charge in [0.1, 0.15) is 0 Å². The first kappa shape index (κ1) is 14.0. The van der Waals surface area contributed by atoms with E-state index in [0.29, 0.717) is 6.42 Å². The molecule has 0 aliphatic rings. The second kappa shape index (κ2) is 6.65. The maximum Gasteiger partial charge on any atom is 0.319 e. The number of amides is 2. The number of carbonyl (C=O) groups is 1. The molecule has 4 nitrogen and oxygen atoms in total. The highest BCUT2D eigenvalue weighted by Gasteiger charge is 2.10. The quantitative estimate of drug-likeness (QED) is 0.856. The summed E-state index contributed by atoms with van der Waals surface area (Å²) in [6, 6.07) is 7.56. The zero-order valence-electron chi connectivity index (χ0n) is 11.1. The maximum absolute atomic E-state index is 11.8. The van der Waals surface area contributed by atoms with Gasteiger partial charge in [-0.25, -0.2) is 4.79 Å². The van der Waals surface area contributed by atoms with Crippen LogP contribution in [0.2, 0.25) is 0 Å². The van der Waals surface area contributed by atoms with Gasteiger partial charge in [-0.2, -0.15) is 5.26 Å². The zero-order chi connectivity index (χ0) is 13.5. The van der Waals surface area contributed by atoms with E-state index in [1.807, 2.05) is 39.0 Å². The van der Waals surface area contributed by atoms with E-state index in [-0.39, 0.29) is 12.1 Å². The summed E-state index contributed by atoms with van der Waals surface area (Å²) in [6.45, 7) is 5.91. The fourth-order valence-electron chi connectivity index (χ4n) is 1.71. The molecule has 4 heteroatoms. The fourth-order valence-corrected chi connectivity index (χ4v) is 1.71. The molecule has 2 amide bonds. The lowest BCUT2D eigenvalue weighted by Gasteiger charge is -2.15. The number of hydrogen-bond donors (Lipinski definition) is 2. The molecule has 2 N–H and O–H groups in total. The normalized spacial score (nSPS) is 11.4. The van der Waals surface area contributed by atoms with Crippen molar-refractivity contribution < 1.29 is 4.79 Å². The predicted octanol–water partition coefficient (Wildman–Crippen LogP) is 3.12. The summed E-state index contributed by atoms with van der Waals surface area (Å²) in [5, 5.41) is 14.2. The van der Waals surface area contributed by atoms with Gasteiger partial charge in [0, 0.05) is 11.7 Å². The smallest absolute Gasteiger partial charge is 0.319 e. The molecular formula is C14H19N3O. The molecule has 0 saturated heterocycles. The molecule has 0 aliphatic heterocycles. The molecule has 96 valence electrons. The van der Waals surface area contributed by atoms with Gasteiger partial charge in [-0.05, 0) is 31.9 Å². The minimum atomic E-state index is -0.260. The van der Waals surface area contributed by atoms with Gasteiger partial charge in [-0.15, -0.1) is 0 Å². The average molecular weight is 245 g/mol. The molecule has 0 saturated carbocycles. The number of urea groups is 1. The highest BCUT2D eigenvalue weighted by atomic mass is 16.2. The predicted molar refractivity (Wildman–Crippen MR) is 72.4 cm³/mol. The summed E-state index contributed by atoms with van der Waals surface area (Å²) in [6.07, 6.45) is 1.07. The summed E-state index contributed by atoms with van der Waals surface area (Å²) in [4.78, 5) is 11.8. The number of nitrogens with zero attached hydrogens (tertiary/aromatic N) is 1. The molecule has 0 fully saturated rings. The zero-order valence-corrected chi connectivity index (χ0v) is 11.1. The number of nitriles is 1. The van der Waals surface area contributed by atoms with Gasteiger partial charge in [0.15, 0.2) is 0 Å². The molecule has 0 radical (unpaired) electrons. The van der Waals surface area contributed by atoms with Crippen molar-refractivity contribution in [2.75, 3.05) is 5.32 Å². The van der Waals surface area contributed by atoms with Crippen LogP contribution in [0.25, 0.3) is 0 Å². The van der Waals surface area contributed by atoms with Crippen LogP contribution in [0.4, 0.5) is 10.5 Å². The molecule has 0 aliphatic carbocycles. The molecule has 1 aromatic rings. The van der Waals surface area contributed by atoms with E-state index in [0.717, 1.165) is 23.2 Å².